The van der Waals surface area contributed by atoms with Crippen LogP contribution in [0.4, 0.5) is 5.82 Å². The van der Waals surface area contributed by atoms with Crippen LogP contribution in [-0.2, 0) is 6.54 Å². The van der Waals surface area contributed by atoms with Crippen molar-refractivity contribution >= 4 is 5.82 Å². The first-order valence-corrected chi connectivity index (χ1v) is 9.27. The highest BCUT2D eigenvalue weighted by molar-refractivity contribution is 5.59. The molecule has 1 aliphatic heterocycles. The summed E-state index contributed by atoms with van der Waals surface area (Å²) in [6.07, 6.45) is 5.90. The normalized spacial score (nSPS) is 15.7. The summed E-state index contributed by atoms with van der Waals surface area (Å²) in [4.78, 5) is 11.6. The third-order valence-corrected chi connectivity index (χ3v) is 4.89. The van der Waals surface area contributed by atoms with E-state index in [1.807, 2.05) is 30.6 Å². The molecule has 1 aliphatic rings. The molecule has 4 heteroatoms. The van der Waals surface area contributed by atoms with Gasteiger partial charge < -0.3 is 5.32 Å². The highest BCUT2D eigenvalue weighted by Gasteiger charge is 2.19. The van der Waals surface area contributed by atoms with E-state index in [0.29, 0.717) is 6.04 Å². The largest absolute Gasteiger partial charge is 0.366 e. The highest BCUT2D eigenvalue weighted by Crippen LogP contribution is 2.20. The zero-order chi connectivity index (χ0) is 17.6. The predicted octanol–water partition coefficient (Wildman–Crippen LogP) is 4.22. The van der Waals surface area contributed by atoms with Crippen molar-refractivity contribution in [2.45, 2.75) is 25.4 Å². The summed E-state index contributed by atoms with van der Waals surface area (Å²) in [6, 6.07) is 21.4. The number of likely N-dealkylation sites (tertiary alicyclic amines) is 1. The molecular weight excluding hydrogens is 320 g/mol. The lowest BCUT2D eigenvalue weighted by molar-refractivity contribution is 0.211. The van der Waals surface area contributed by atoms with Crippen LogP contribution in [-0.4, -0.2) is 34.0 Å². The van der Waals surface area contributed by atoms with E-state index >= 15 is 0 Å². The molecule has 0 atom stereocenters. The van der Waals surface area contributed by atoms with Crippen molar-refractivity contribution in [2.75, 3.05) is 18.4 Å². The van der Waals surface area contributed by atoms with Gasteiger partial charge in [0.2, 0.25) is 0 Å². The Morgan fingerprint density at radius 2 is 1.58 bits per heavy atom. The van der Waals surface area contributed by atoms with Gasteiger partial charge in [-0.2, -0.15) is 0 Å². The number of rotatable bonds is 5. The number of anilines is 1. The molecule has 0 bridgehead atoms. The van der Waals surface area contributed by atoms with Gasteiger partial charge in [0.1, 0.15) is 5.82 Å². The number of aromatic nitrogens is 2. The minimum absolute atomic E-state index is 0.461. The third kappa shape index (κ3) is 4.27. The standard InChI is InChI=1S/C22H24N4/c1-3-7-18(8-4-1)17-26-13-11-20(12-14-26)24-22-16-23-15-21(25-22)19-9-5-2-6-10-19/h1-10,15-16,20H,11-14,17H2,(H,24,25). The van der Waals surface area contributed by atoms with E-state index in [2.05, 4.69) is 57.7 Å². The van der Waals surface area contributed by atoms with Crippen LogP contribution in [0, 0.1) is 0 Å². The average Bonchev–Trinajstić information content (AvgIpc) is 2.71. The monoisotopic (exact) mass is 344 g/mol. The molecule has 1 N–H and O–H groups in total. The summed E-state index contributed by atoms with van der Waals surface area (Å²) in [7, 11) is 0. The van der Waals surface area contributed by atoms with Crippen LogP contribution in [0.1, 0.15) is 18.4 Å². The molecule has 1 saturated heterocycles. The maximum atomic E-state index is 4.74. The molecule has 4 nitrogen and oxygen atoms in total. The first kappa shape index (κ1) is 16.7. The van der Waals surface area contributed by atoms with E-state index in [1.165, 1.54) is 5.56 Å². The molecule has 2 heterocycles. The van der Waals surface area contributed by atoms with Gasteiger partial charge in [0.05, 0.1) is 18.1 Å². The van der Waals surface area contributed by atoms with Crippen LogP contribution in [0.25, 0.3) is 11.3 Å². The number of nitrogens with zero attached hydrogens (tertiary/aromatic N) is 3. The van der Waals surface area contributed by atoms with Gasteiger partial charge in [-0.25, -0.2) is 4.98 Å². The summed E-state index contributed by atoms with van der Waals surface area (Å²) in [5.74, 6) is 0.868. The molecule has 1 aromatic heterocycles. The quantitative estimate of drug-likeness (QED) is 0.752. The molecule has 0 saturated carbocycles. The van der Waals surface area contributed by atoms with Crippen molar-refractivity contribution in [3.05, 3.63) is 78.6 Å². The summed E-state index contributed by atoms with van der Waals surface area (Å²) < 4.78 is 0. The van der Waals surface area contributed by atoms with E-state index in [9.17, 15) is 0 Å². The lowest BCUT2D eigenvalue weighted by atomic mass is 10.0. The van der Waals surface area contributed by atoms with Gasteiger partial charge in [-0.05, 0) is 18.4 Å². The molecule has 0 aliphatic carbocycles. The fraction of sp³-hybridized carbons (Fsp3) is 0.273. The minimum Gasteiger partial charge on any atom is -0.366 e. The minimum atomic E-state index is 0.461. The molecule has 0 spiro atoms. The van der Waals surface area contributed by atoms with Crippen LogP contribution < -0.4 is 5.32 Å². The second-order valence-electron chi connectivity index (χ2n) is 6.84. The van der Waals surface area contributed by atoms with Crippen LogP contribution >= 0.6 is 0 Å². The van der Waals surface area contributed by atoms with Crippen LogP contribution in [0.5, 0.6) is 0 Å². The molecule has 132 valence electrons. The first-order chi connectivity index (χ1) is 12.9. The molecule has 2 aromatic carbocycles. The van der Waals surface area contributed by atoms with Crippen molar-refractivity contribution in [3.63, 3.8) is 0 Å². The number of hydrogen-bond donors (Lipinski definition) is 1. The van der Waals surface area contributed by atoms with Crippen LogP contribution in [0.2, 0.25) is 0 Å². The Bertz CT molecular complexity index is 812. The van der Waals surface area contributed by atoms with Crippen molar-refractivity contribution in [3.8, 4) is 11.3 Å². The van der Waals surface area contributed by atoms with Crippen molar-refractivity contribution in [2.24, 2.45) is 0 Å². The first-order valence-electron chi connectivity index (χ1n) is 9.27. The molecule has 0 amide bonds. The Kier molecular flexibility index (Phi) is 5.22. The smallest absolute Gasteiger partial charge is 0.145 e. The van der Waals surface area contributed by atoms with Crippen LogP contribution in [0.3, 0.4) is 0 Å². The molecule has 26 heavy (non-hydrogen) atoms. The van der Waals surface area contributed by atoms with E-state index < -0.39 is 0 Å². The molecular formula is C22H24N4. The van der Waals surface area contributed by atoms with E-state index in [-0.39, 0.29) is 0 Å². The Morgan fingerprint density at radius 1 is 0.885 bits per heavy atom. The van der Waals surface area contributed by atoms with Gasteiger partial charge >= 0.3 is 0 Å². The molecule has 4 rings (SSSR count). The van der Waals surface area contributed by atoms with Crippen molar-refractivity contribution in [1.29, 1.82) is 0 Å². The molecule has 0 radical (unpaired) electrons. The Hall–Kier alpha value is -2.72. The third-order valence-electron chi connectivity index (χ3n) is 4.89. The van der Waals surface area contributed by atoms with Gasteiger partial charge in [0.15, 0.2) is 0 Å². The van der Waals surface area contributed by atoms with Gasteiger partial charge in [-0.15, -0.1) is 0 Å². The van der Waals surface area contributed by atoms with Gasteiger partial charge in [0.25, 0.3) is 0 Å². The zero-order valence-corrected chi connectivity index (χ0v) is 14.9. The van der Waals surface area contributed by atoms with E-state index in [4.69, 9.17) is 4.98 Å². The number of benzene rings is 2. The van der Waals surface area contributed by atoms with E-state index in [0.717, 1.165) is 49.6 Å². The Morgan fingerprint density at radius 3 is 2.31 bits per heavy atom. The molecule has 3 aromatic rings. The lowest BCUT2D eigenvalue weighted by Gasteiger charge is -2.32. The second kappa shape index (κ2) is 8.11. The zero-order valence-electron chi connectivity index (χ0n) is 14.9. The number of hydrogen-bond acceptors (Lipinski definition) is 4. The summed E-state index contributed by atoms with van der Waals surface area (Å²) >= 11 is 0. The second-order valence-corrected chi connectivity index (χ2v) is 6.84. The van der Waals surface area contributed by atoms with Gasteiger partial charge in [-0.3, -0.25) is 9.88 Å². The average molecular weight is 344 g/mol. The number of nitrogens with one attached hydrogen (secondary N) is 1. The molecule has 0 unspecified atom stereocenters. The summed E-state index contributed by atoms with van der Waals surface area (Å²) in [6.45, 7) is 3.26. The maximum absolute atomic E-state index is 4.74. The Labute approximate surface area is 154 Å². The number of piperidine rings is 1. The SMILES string of the molecule is c1ccc(CN2CCC(Nc3cncc(-c4ccccc4)n3)CC2)cc1. The van der Waals surface area contributed by atoms with Crippen molar-refractivity contribution in [1.82, 2.24) is 14.9 Å². The van der Waals surface area contributed by atoms with Crippen molar-refractivity contribution < 1.29 is 0 Å². The maximum Gasteiger partial charge on any atom is 0.145 e. The van der Waals surface area contributed by atoms with Crippen LogP contribution in [0.15, 0.2) is 73.1 Å². The fourth-order valence-corrected chi connectivity index (χ4v) is 3.47. The summed E-state index contributed by atoms with van der Waals surface area (Å²) in [5, 5.41) is 3.58. The van der Waals surface area contributed by atoms with E-state index in [1.54, 1.807) is 0 Å². The van der Waals surface area contributed by atoms with Gasteiger partial charge in [0, 0.05) is 31.2 Å². The molecule has 1 fully saturated rings. The Balaban J connectivity index is 1.33. The predicted molar refractivity (Wildman–Crippen MR) is 106 cm³/mol. The van der Waals surface area contributed by atoms with Gasteiger partial charge in [-0.1, -0.05) is 60.7 Å². The highest BCUT2D eigenvalue weighted by atomic mass is 15.1. The summed E-state index contributed by atoms with van der Waals surface area (Å²) in [5.41, 5.74) is 3.40. The lowest BCUT2D eigenvalue weighted by Crippen LogP contribution is -2.38. The fourth-order valence-electron chi connectivity index (χ4n) is 3.47. The topological polar surface area (TPSA) is 41.0 Å².